The molecular formula is C51H37Cl3N6O6S3. The molecule has 0 aliphatic rings. The Kier molecular flexibility index (Phi) is 14.7. The summed E-state index contributed by atoms with van der Waals surface area (Å²) in [5.41, 5.74) is 3.43. The van der Waals surface area contributed by atoms with E-state index in [1.165, 1.54) is 36.4 Å². The smallest absolute Gasteiger partial charge is 0.261 e. The number of nitrogens with zero attached hydrogens (tertiary/aromatic N) is 3. The highest BCUT2D eigenvalue weighted by atomic mass is 35.5. The molecule has 3 heterocycles. The molecule has 0 aliphatic heterocycles. The van der Waals surface area contributed by atoms with Crippen molar-refractivity contribution in [2.75, 3.05) is 14.2 Å². The first-order valence-corrected chi connectivity index (χ1v) is 26.2. The van der Waals surface area contributed by atoms with Crippen LogP contribution in [0.25, 0.3) is 43.4 Å². The SMILES string of the molecule is O=S(=O)(Nc1cc(Cl)cc2cnccc12)c1ccc(Cl)cc1.O=S(=O)(Nc1cccc2ccncc12)c1ccc(-c2ccccc2)cc1.O=S(=O)(Nc1cccc2ccncc12)c1ccc(Cl)cc1. The maximum Gasteiger partial charge on any atom is 0.261 e. The molecule has 0 aliphatic carbocycles. The first-order valence-electron chi connectivity index (χ1n) is 20.6. The van der Waals surface area contributed by atoms with Crippen LogP contribution in [0.15, 0.2) is 222 Å². The van der Waals surface area contributed by atoms with Gasteiger partial charge in [0.15, 0.2) is 0 Å². The van der Waals surface area contributed by atoms with Gasteiger partial charge < -0.3 is 0 Å². The Morgan fingerprint density at radius 3 is 1.25 bits per heavy atom. The molecule has 0 atom stereocenters. The average Bonchev–Trinajstić information content (AvgIpc) is 3.35. The Balaban J connectivity index is 0.000000141. The third-order valence-corrected chi connectivity index (χ3v) is 15.2. The van der Waals surface area contributed by atoms with Crippen molar-refractivity contribution in [3.8, 4) is 11.1 Å². The van der Waals surface area contributed by atoms with Crippen LogP contribution in [-0.2, 0) is 30.1 Å². The number of nitrogens with one attached hydrogen (secondary N) is 3. The monoisotopic (exact) mass is 1030 g/mol. The van der Waals surface area contributed by atoms with Gasteiger partial charge >= 0.3 is 0 Å². The zero-order valence-electron chi connectivity index (χ0n) is 35.8. The summed E-state index contributed by atoms with van der Waals surface area (Å²) in [6, 6.07) is 48.2. The van der Waals surface area contributed by atoms with Crippen LogP contribution < -0.4 is 14.2 Å². The van der Waals surface area contributed by atoms with Crippen LogP contribution >= 0.6 is 34.8 Å². The Bertz CT molecular complexity index is 3770. The standard InChI is InChI=1S/C21H16N2O2S.C15H10Cl2N2O2S.C15H11ClN2O2S/c24-26(25,23-21-8-4-7-18-13-14-22-15-20(18)21)19-11-9-17(10-12-19)16-5-2-1-3-6-16;16-11-1-3-13(4-2-11)22(20,21)19-15-8-12(17)7-10-9-18-6-5-14(10)15;16-12-4-6-13(7-5-12)21(19,20)18-15-3-1-2-11-8-9-17-10-14(11)15/h1-15,23H;1-9,19H;1-10,18H. The second-order valence-electron chi connectivity index (χ2n) is 15.0. The Labute approximate surface area is 413 Å². The number of hydrogen-bond acceptors (Lipinski definition) is 9. The summed E-state index contributed by atoms with van der Waals surface area (Å²) in [4.78, 5) is 12.6. The maximum absolute atomic E-state index is 12.8. The zero-order chi connectivity index (χ0) is 48.6. The van der Waals surface area contributed by atoms with E-state index in [9.17, 15) is 25.3 Å². The number of benzene rings is 7. The molecule has 0 saturated carbocycles. The molecule has 0 unspecified atom stereocenters. The second kappa shape index (κ2) is 21.0. The lowest BCUT2D eigenvalue weighted by Crippen LogP contribution is -2.13. The molecule has 7 aromatic carbocycles. The Morgan fingerprint density at radius 1 is 0.333 bits per heavy atom. The van der Waals surface area contributed by atoms with Gasteiger partial charge in [-0.2, -0.15) is 0 Å². The highest BCUT2D eigenvalue weighted by Gasteiger charge is 2.18. The summed E-state index contributed by atoms with van der Waals surface area (Å²) in [6.45, 7) is 0. The summed E-state index contributed by atoms with van der Waals surface area (Å²) in [7, 11) is -11.1. The summed E-state index contributed by atoms with van der Waals surface area (Å²) in [5.74, 6) is 0. The molecule has 3 aromatic heterocycles. The highest BCUT2D eigenvalue weighted by molar-refractivity contribution is 7.93. The fourth-order valence-corrected chi connectivity index (χ4v) is 10.7. The number of fused-ring (bicyclic) bond motifs is 3. The molecule has 18 heteroatoms. The van der Waals surface area contributed by atoms with E-state index in [0.717, 1.165) is 43.4 Å². The summed E-state index contributed by atoms with van der Waals surface area (Å²) < 4.78 is 83.0. The molecule has 12 nitrogen and oxygen atoms in total. The van der Waals surface area contributed by atoms with Crippen LogP contribution in [0.4, 0.5) is 17.1 Å². The van der Waals surface area contributed by atoms with E-state index in [-0.39, 0.29) is 14.7 Å². The lowest BCUT2D eigenvalue weighted by atomic mass is 10.1. The molecule has 10 aromatic rings. The summed E-state index contributed by atoms with van der Waals surface area (Å²) >= 11 is 17.6. The van der Waals surface area contributed by atoms with E-state index in [1.807, 2.05) is 72.8 Å². The van der Waals surface area contributed by atoms with Crippen molar-refractivity contribution < 1.29 is 25.3 Å². The molecule has 69 heavy (non-hydrogen) atoms. The minimum Gasteiger partial charge on any atom is -0.279 e. The molecule has 0 fully saturated rings. The maximum atomic E-state index is 12.8. The topological polar surface area (TPSA) is 177 Å². The molecular weight excluding hydrogens is 995 g/mol. The quantitative estimate of drug-likeness (QED) is 0.120. The van der Waals surface area contributed by atoms with Gasteiger partial charge in [-0.15, -0.1) is 0 Å². The van der Waals surface area contributed by atoms with E-state index in [4.69, 9.17) is 34.8 Å². The van der Waals surface area contributed by atoms with Crippen molar-refractivity contribution in [2.24, 2.45) is 0 Å². The van der Waals surface area contributed by atoms with Crippen molar-refractivity contribution in [1.29, 1.82) is 0 Å². The lowest BCUT2D eigenvalue weighted by molar-refractivity contribution is 0.599. The molecule has 10 rings (SSSR count). The molecule has 0 spiro atoms. The predicted molar refractivity (Wildman–Crippen MR) is 277 cm³/mol. The molecule has 3 N–H and O–H groups in total. The van der Waals surface area contributed by atoms with Gasteiger partial charge in [-0.1, -0.05) is 102 Å². The number of sulfonamides is 3. The van der Waals surface area contributed by atoms with Gasteiger partial charge in [0, 0.05) is 73.8 Å². The van der Waals surface area contributed by atoms with Gasteiger partial charge in [0.2, 0.25) is 0 Å². The van der Waals surface area contributed by atoms with Gasteiger partial charge in [-0.3, -0.25) is 29.1 Å². The van der Waals surface area contributed by atoms with E-state index in [2.05, 4.69) is 29.1 Å². The van der Waals surface area contributed by atoms with Gasteiger partial charge in [0.1, 0.15) is 0 Å². The third kappa shape index (κ3) is 12.0. The van der Waals surface area contributed by atoms with E-state index in [1.54, 1.807) is 97.8 Å². The number of hydrogen-bond donors (Lipinski definition) is 3. The third-order valence-electron chi connectivity index (χ3n) is 10.3. The van der Waals surface area contributed by atoms with Crippen LogP contribution in [0.5, 0.6) is 0 Å². The average molecular weight is 1030 g/mol. The number of anilines is 3. The van der Waals surface area contributed by atoms with Crippen molar-refractivity contribution in [3.63, 3.8) is 0 Å². The Hall–Kier alpha value is -7.11. The highest BCUT2D eigenvalue weighted by Crippen LogP contribution is 2.31. The van der Waals surface area contributed by atoms with Crippen LogP contribution in [0.2, 0.25) is 15.1 Å². The van der Waals surface area contributed by atoms with E-state index in [0.29, 0.717) is 32.1 Å². The Morgan fingerprint density at radius 2 is 0.754 bits per heavy atom. The van der Waals surface area contributed by atoms with E-state index < -0.39 is 30.1 Å². The number of rotatable bonds is 10. The van der Waals surface area contributed by atoms with Crippen molar-refractivity contribution >= 4 is 114 Å². The normalized spacial score (nSPS) is 11.5. The van der Waals surface area contributed by atoms with Crippen molar-refractivity contribution in [2.45, 2.75) is 14.7 Å². The fraction of sp³-hybridized carbons (Fsp3) is 0. The van der Waals surface area contributed by atoms with Gasteiger partial charge in [-0.25, -0.2) is 25.3 Å². The van der Waals surface area contributed by atoms with Gasteiger partial charge in [0.05, 0.1) is 31.7 Å². The first kappa shape index (κ1) is 48.4. The first-order chi connectivity index (χ1) is 33.1. The molecule has 346 valence electrons. The summed E-state index contributed by atoms with van der Waals surface area (Å²) in [5, 5.41) is 6.22. The number of pyridine rings is 3. The van der Waals surface area contributed by atoms with Crippen molar-refractivity contribution in [1.82, 2.24) is 15.0 Å². The molecule has 0 amide bonds. The van der Waals surface area contributed by atoms with Gasteiger partial charge in [0.25, 0.3) is 30.1 Å². The van der Waals surface area contributed by atoms with Crippen molar-refractivity contribution in [3.05, 3.63) is 222 Å². The van der Waals surface area contributed by atoms with Gasteiger partial charge in [-0.05, 0) is 125 Å². The van der Waals surface area contributed by atoms with Crippen LogP contribution in [0, 0.1) is 0 Å². The molecule has 0 radical (unpaired) electrons. The largest absolute Gasteiger partial charge is 0.279 e. The summed E-state index contributed by atoms with van der Waals surface area (Å²) in [6.07, 6.45) is 9.86. The number of aromatic nitrogens is 3. The second-order valence-corrected chi connectivity index (χ2v) is 21.3. The fourth-order valence-electron chi connectivity index (χ4n) is 6.96. The van der Waals surface area contributed by atoms with Crippen LogP contribution in [0.3, 0.4) is 0 Å². The number of halogens is 3. The molecule has 0 saturated heterocycles. The predicted octanol–water partition coefficient (Wildman–Crippen LogP) is 12.7. The zero-order valence-corrected chi connectivity index (χ0v) is 40.5. The molecule has 0 bridgehead atoms. The van der Waals surface area contributed by atoms with Crippen LogP contribution in [0.1, 0.15) is 0 Å². The van der Waals surface area contributed by atoms with E-state index >= 15 is 0 Å². The van der Waals surface area contributed by atoms with Crippen LogP contribution in [-0.4, -0.2) is 40.2 Å². The lowest BCUT2D eigenvalue weighted by Gasteiger charge is -2.11. The minimum absolute atomic E-state index is 0.124. The minimum atomic E-state index is -3.73.